The van der Waals surface area contributed by atoms with Gasteiger partial charge < -0.3 is 19.9 Å². The molecule has 0 amide bonds. The predicted octanol–water partition coefficient (Wildman–Crippen LogP) is -0.460. The lowest BCUT2D eigenvalue weighted by Gasteiger charge is -2.11. The number of carbonyl (C=O) groups is 1. The summed E-state index contributed by atoms with van der Waals surface area (Å²) in [5.41, 5.74) is 5.26. The lowest BCUT2D eigenvalue weighted by atomic mass is 10.4. The highest BCUT2D eigenvalue weighted by Crippen LogP contribution is 1.91. The zero-order valence-electron chi connectivity index (χ0n) is 8.12. The van der Waals surface area contributed by atoms with Crippen LogP contribution in [0, 0.1) is 0 Å². The smallest absolute Gasteiger partial charge is 0.336 e. The van der Waals surface area contributed by atoms with Gasteiger partial charge in [-0.3, -0.25) is 0 Å². The molecule has 5 heteroatoms. The average Bonchev–Trinajstić information content (AvgIpc) is 2.14. The molecule has 0 saturated carbocycles. The summed E-state index contributed by atoms with van der Waals surface area (Å²) in [6, 6.07) is 0. The molecule has 1 atom stereocenters. The molecule has 0 aliphatic rings. The Hall–Kier alpha value is -0.650. The highest BCUT2D eigenvalue weighted by molar-refractivity contribution is 5.74. The Balaban J connectivity index is 3.48. The number of esters is 1. The molecule has 0 heterocycles. The van der Waals surface area contributed by atoms with Gasteiger partial charge in [0.1, 0.15) is 6.61 Å². The van der Waals surface area contributed by atoms with Crippen LogP contribution in [0.25, 0.3) is 0 Å². The first-order valence-electron chi connectivity index (χ1n) is 4.23. The summed E-state index contributed by atoms with van der Waals surface area (Å²) >= 11 is 0. The van der Waals surface area contributed by atoms with Crippen LogP contribution in [0.4, 0.5) is 0 Å². The topological polar surface area (TPSA) is 70.8 Å². The Morgan fingerprint density at radius 3 is 2.62 bits per heavy atom. The zero-order chi connectivity index (χ0) is 10.1. The van der Waals surface area contributed by atoms with E-state index in [2.05, 4.69) is 0 Å². The number of hydrogen-bond acceptors (Lipinski definition) is 5. The number of carbonyl (C=O) groups excluding carboxylic acids is 1. The first kappa shape index (κ1) is 12.3. The van der Waals surface area contributed by atoms with Gasteiger partial charge in [0, 0.05) is 20.3 Å². The molecule has 0 spiro atoms. The minimum atomic E-state index is -0.665. The summed E-state index contributed by atoms with van der Waals surface area (Å²) in [6.45, 7) is 3.27. The van der Waals surface area contributed by atoms with E-state index in [0.29, 0.717) is 13.2 Å². The molecule has 0 aromatic heterocycles. The second-order valence-corrected chi connectivity index (χ2v) is 2.32. The minimum absolute atomic E-state index is 0.129. The number of methoxy groups -OCH3 is 1. The lowest BCUT2D eigenvalue weighted by molar-refractivity contribution is -0.156. The van der Waals surface area contributed by atoms with Crippen molar-refractivity contribution in [2.45, 2.75) is 13.0 Å². The zero-order valence-corrected chi connectivity index (χ0v) is 8.12. The van der Waals surface area contributed by atoms with E-state index in [1.807, 2.05) is 6.92 Å². The van der Waals surface area contributed by atoms with Gasteiger partial charge in [-0.25, -0.2) is 4.79 Å². The van der Waals surface area contributed by atoms with Gasteiger partial charge in [-0.2, -0.15) is 0 Å². The Kier molecular flexibility index (Phi) is 7.57. The molecule has 0 radical (unpaired) electrons. The standard InChI is InChI=1S/C8H17NO4/c1-3-12-4-5-13-8(10)7(6-9)11-2/h7H,3-6,9H2,1-2H3. The summed E-state index contributed by atoms with van der Waals surface area (Å²) in [7, 11) is 1.42. The van der Waals surface area contributed by atoms with E-state index in [0.717, 1.165) is 0 Å². The van der Waals surface area contributed by atoms with Gasteiger partial charge in [0.25, 0.3) is 0 Å². The van der Waals surface area contributed by atoms with Crippen molar-refractivity contribution in [3.63, 3.8) is 0 Å². The average molecular weight is 191 g/mol. The van der Waals surface area contributed by atoms with E-state index in [9.17, 15) is 4.79 Å². The maximum atomic E-state index is 11.1. The largest absolute Gasteiger partial charge is 0.461 e. The van der Waals surface area contributed by atoms with Crippen molar-refractivity contribution in [1.82, 2.24) is 0 Å². The second-order valence-electron chi connectivity index (χ2n) is 2.32. The molecule has 0 aromatic rings. The van der Waals surface area contributed by atoms with Gasteiger partial charge in [-0.1, -0.05) is 0 Å². The quantitative estimate of drug-likeness (QED) is 0.435. The fourth-order valence-corrected chi connectivity index (χ4v) is 0.727. The van der Waals surface area contributed by atoms with Crippen LogP contribution in [0.3, 0.4) is 0 Å². The number of hydrogen-bond donors (Lipinski definition) is 1. The van der Waals surface area contributed by atoms with Crippen molar-refractivity contribution < 1.29 is 19.0 Å². The van der Waals surface area contributed by atoms with Gasteiger partial charge in [0.05, 0.1) is 6.61 Å². The highest BCUT2D eigenvalue weighted by atomic mass is 16.6. The van der Waals surface area contributed by atoms with Crippen LogP contribution in [-0.4, -0.2) is 45.5 Å². The molecule has 0 aromatic carbocycles. The Morgan fingerprint density at radius 1 is 1.46 bits per heavy atom. The van der Waals surface area contributed by atoms with E-state index in [-0.39, 0.29) is 13.2 Å². The van der Waals surface area contributed by atoms with Crippen molar-refractivity contribution in [1.29, 1.82) is 0 Å². The predicted molar refractivity (Wildman–Crippen MR) is 47.3 cm³/mol. The second kappa shape index (κ2) is 7.97. The molecular formula is C8H17NO4. The molecule has 0 rings (SSSR count). The van der Waals surface area contributed by atoms with E-state index in [4.69, 9.17) is 19.9 Å². The van der Waals surface area contributed by atoms with Crippen molar-refractivity contribution in [2.24, 2.45) is 5.73 Å². The van der Waals surface area contributed by atoms with Crippen LogP contribution >= 0.6 is 0 Å². The van der Waals surface area contributed by atoms with Crippen LogP contribution in [0.15, 0.2) is 0 Å². The summed E-state index contributed by atoms with van der Waals surface area (Å²) in [6.07, 6.45) is -0.665. The fraction of sp³-hybridized carbons (Fsp3) is 0.875. The first-order valence-corrected chi connectivity index (χ1v) is 4.23. The van der Waals surface area contributed by atoms with Crippen LogP contribution in [0.5, 0.6) is 0 Å². The summed E-state index contributed by atoms with van der Waals surface area (Å²) in [5.74, 6) is -0.440. The van der Waals surface area contributed by atoms with Crippen molar-refractivity contribution >= 4 is 5.97 Å². The Labute approximate surface area is 78.1 Å². The fourth-order valence-electron chi connectivity index (χ4n) is 0.727. The van der Waals surface area contributed by atoms with Gasteiger partial charge >= 0.3 is 5.97 Å². The number of rotatable bonds is 7. The highest BCUT2D eigenvalue weighted by Gasteiger charge is 2.16. The summed E-state index contributed by atoms with van der Waals surface area (Å²) in [4.78, 5) is 11.1. The Morgan fingerprint density at radius 2 is 2.15 bits per heavy atom. The SMILES string of the molecule is CCOCCOC(=O)C(CN)OC. The van der Waals surface area contributed by atoms with E-state index in [1.165, 1.54) is 7.11 Å². The molecule has 2 N–H and O–H groups in total. The maximum absolute atomic E-state index is 11.1. The van der Waals surface area contributed by atoms with Gasteiger partial charge in [0.15, 0.2) is 6.10 Å². The molecule has 0 fully saturated rings. The van der Waals surface area contributed by atoms with Gasteiger partial charge in [-0.05, 0) is 6.92 Å². The van der Waals surface area contributed by atoms with Crippen LogP contribution in [0.2, 0.25) is 0 Å². The van der Waals surface area contributed by atoms with E-state index < -0.39 is 12.1 Å². The Bertz CT molecular complexity index is 136. The van der Waals surface area contributed by atoms with Gasteiger partial charge in [0.2, 0.25) is 0 Å². The minimum Gasteiger partial charge on any atom is -0.461 e. The molecule has 0 bridgehead atoms. The maximum Gasteiger partial charge on any atom is 0.336 e. The van der Waals surface area contributed by atoms with Crippen LogP contribution in [0.1, 0.15) is 6.92 Å². The third-order valence-electron chi connectivity index (χ3n) is 1.44. The van der Waals surface area contributed by atoms with Crippen molar-refractivity contribution in [3.8, 4) is 0 Å². The third kappa shape index (κ3) is 5.57. The van der Waals surface area contributed by atoms with Crippen LogP contribution in [-0.2, 0) is 19.0 Å². The number of ether oxygens (including phenoxy) is 3. The van der Waals surface area contributed by atoms with E-state index >= 15 is 0 Å². The van der Waals surface area contributed by atoms with E-state index in [1.54, 1.807) is 0 Å². The van der Waals surface area contributed by atoms with Crippen molar-refractivity contribution in [3.05, 3.63) is 0 Å². The summed E-state index contributed by atoms with van der Waals surface area (Å²) in [5, 5.41) is 0. The number of nitrogens with two attached hydrogens (primary N) is 1. The molecule has 0 saturated heterocycles. The summed E-state index contributed by atoms with van der Waals surface area (Å²) < 4.78 is 14.6. The monoisotopic (exact) mass is 191 g/mol. The molecule has 13 heavy (non-hydrogen) atoms. The molecule has 78 valence electrons. The van der Waals surface area contributed by atoms with Gasteiger partial charge in [-0.15, -0.1) is 0 Å². The molecule has 0 aliphatic heterocycles. The first-order chi connectivity index (χ1) is 6.26. The molecule has 0 aliphatic carbocycles. The molecular weight excluding hydrogens is 174 g/mol. The van der Waals surface area contributed by atoms with Crippen molar-refractivity contribution in [2.75, 3.05) is 33.5 Å². The normalized spacial score (nSPS) is 12.5. The molecule has 1 unspecified atom stereocenters. The van der Waals surface area contributed by atoms with Crippen LogP contribution < -0.4 is 5.73 Å². The molecule has 5 nitrogen and oxygen atoms in total. The third-order valence-corrected chi connectivity index (χ3v) is 1.44. The lowest BCUT2D eigenvalue weighted by Crippen LogP contribution is -2.33.